The van der Waals surface area contributed by atoms with E-state index in [4.69, 9.17) is 10.8 Å². The van der Waals surface area contributed by atoms with E-state index >= 15 is 0 Å². The third-order valence-electron chi connectivity index (χ3n) is 2.14. The number of aromatic nitrogens is 2. The molecule has 9 nitrogen and oxygen atoms in total. The van der Waals surface area contributed by atoms with Gasteiger partial charge in [-0.25, -0.2) is 9.97 Å². The highest BCUT2D eigenvalue weighted by atomic mass is 16.6. The number of carbonyl (C=O) groups is 1. The summed E-state index contributed by atoms with van der Waals surface area (Å²) in [5.74, 6) is -0.786. The van der Waals surface area contributed by atoms with Crippen LogP contribution in [0.3, 0.4) is 0 Å². The van der Waals surface area contributed by atoms with Crippen molar-refractivity contribution in [3.05, 3.63) is 22.5 Å². The molecule has 0 aliphatic rings. The summed E-state index contributed by atoms with van der Waals surface area (Å²) in [4.78, 5) is 27.7. The van der Waals surface area contributed by atoms with Crippen LogP contribution in [0.25, 0.3) is 0 Å². The summed E-state index contributed by atoms with van der Waals surface area (Å²) in [6, 6.07) is -0.885. The molecule has 1 aromatic rings. The highest BCUT2D eigenvalue weighted by Crippen LogP contribution is 2.08. The number of aliphatic carboxylic acids is 1. The fourth-order valence-electron chi connectivity index (χ4n) is 1.15. The van der Waals surface area contributed by atoms with Crippen molar-refractivity contribution in [1.29, 1.82) is 0 Å². The van der Waals surface area contributed by atoms with Crippen LogP contribution < -0.4 is 11.1 Å². The number of carboxylic acids is 1. The molecule has 0 aliphatic carbocycles. The zero-order chi connectivity index (χ0) is 13.5. The fraction of sp³-hybridized carbons (Fsp3) is 0.444. The molecular formula is C9H13N5O4. The lowest BCUT2D eigenvalue weighted by atomic mass is 10.2. The molecule has 1 atom stereocenters. The summed E-state index contributed by atoms with van der Waals surface area (Å²) < 4.78 is 0. The molecule has 18 heavy (non-hydrogen) atoms. The first kappa shape index (κ1) is 13.8. The minimum absolute atomic E-state index is 0.187. The van der Waals surface area contributed by atoms with Crippen molar-refractivity contribution in [2.45, 2.75) is 18.9 Å². The number of carboxylic acid groups (broad SMARTS) is 1. The lowest BCUT2D eigenvalue weighted by molar-refractivity contribution is -0.385. The van der Waals surface area contributed by atoms with Gasteiger partial charge in [-0.05, 0) is 12.8 Å². The van der Waals surface area contributed by atoms with Crippen LogP contribution in [0.5, 0.6) is 0 Å². The van der Waals surface area contributed by atoms with Gasteiger partial charge in [-0.15, -0.1) is 0 Å². The maximum atomic E-state index is 10.4. The monoisotopic (exact) mass is 255 g/mol. The molecule has 0 aromatic carbocycles. The van der Waals surface area contributed by atoms with E-state index in [0.29, 0.717) is 19.4 Å². The Morgan fingerprint density at radius 2 is 2.17 bits per heavy atom. The van der Waals surface area contributed by atoms with Crippen molar-refractivity contribution >= 4 is 17.6 Å². The van der Waals surface area contributed by atoms with Gasteiger partial charge in [0.1, 0.15) is 18.4 Å². The zero-order valence-corrected chi connectivity index (χ0v) is 9.44. The summed E-state index contributed by atoms with van der Waals surface area (Å²) in [5, 5.41) is 21.7. The van der Waals surface area contributed by atoms with Crippen LogP contribution in [0, 0.1) is 10.1 Å². The molecule has 0 fully saturated rings. The van der Waals surface area contributed by atoms with Crippen LogP contribution in [0.15, 0.2) is 12.4 Å². The minimum atomic E-state index is -1.04. The van der Waals surface area contributed by atoms with Gasteiger partial charge in [0, 0.05) is 6.54 Å². The molecule has 0 saturated carbocycles. The molecule has 1 heterocycles. The molecule has 0 saturated heterocycles. The van der Waals surface area contributed by atoms with Gasteiger partial charge in [0.05, 0.1) is 4.92 Å². The highest BCUT2D eigenvalue weighted by molar-refractivity contribution is 5.72. The van der Waals surface area contributed by atoms with Crippen LogP contribution in [0.2, 0.25) is 0 Å². The lowest BCUT2D eigenvalue weighted by Gasteiger charge is -2.06. The number of rotatable bonds is 7. The maximum Gasteiger partial charge on any atom is 0.320 e. The third-order valence-corrected chi connectivity index (χ3v) is 2.14. The van der Waals surface area contributed by atoms with Crippen LogP contribution in [-0.4, -0.2) is 38.6 Å². The van der Waals surface area contributed by atoms with Crippen LogP contribution in [0.1, 0.15) is 12.8 Å². The number of nitro groups is 1. The Kier molecular flexibility index (Phi) is 4.93. The largest absolute Gasteiger partial charge is 0.480 e. The number of nitrogens with zero attached hydrogens (tertiary/aromatic N) is 3. The predicted molar refractivity (Wildman–Crippen MR) is 62.0 cm³/mol. The van der Waals surface area contributed by atoms with E-state index in [1.165, 1.54) is 0 Å². The molecule has 9 heteroatoms. The summed E-state index contributed by atoms with van der Waals surface area (Å²) in [7, 11) is 0. The van der Waals surface area contributed by atoms with Crippen LogP contribution >= 0.6 is 0 Å². The molecule has 1 aromatic heterocycles. The van der Waals surface area contributed by atoms with Gasteiger partial charge in [-0.3, -0.25) is 14.9 Å². The second kappa shape index (κ2) is 6.45. The van der Waals surface area contributed by atoms with Gasteiger partial charge in [-0.1, -0.05) is 0 Å². The van der Waals surface area contributed by atoms with Gasteiger partial charge in [0.15, 0.2) is 0 Å². The van der Waals surface area contributed by atoms with E-state index in [1.807, 2.05) is 0 Å². The molecule has 0 spiro atoms. The smallest absolute Gasteiger partial charge is 0.320 e. The van der Waals surface area contributed by atoms with Crippen molar-refractivity contribution in [3.63, 3.8) is 0 Å². The summed E-state index contributed by atoms with van der Waals surface area (Å²) in [5.41, 5.74) is 5.13. The third kappa shape index (κ3) is 4.29. The van der Waals surface area contributed by atoms with E-state index in [-0.39, 0.29) is 11.6 Å². The number of hydrogen-bond acceptors (Lipinski definition) is 7. The van der Waals surface area contributed by atoms with Gasteiger partial charge in [-0.2, -0.15) is 0 Å². The average Bonchev–Trinajstić information content (AvgIpc) is 2.34. The van der Waals surface area contributed by atoms with Gasteiger partial charge in [0.25, 0.3) is 0 Å². The summed E-state index contributed by atoms with van der Waals surface area (Å²) in [6.45, 7) is 0.443. The number of nitrogens with one attached hydrogen (secondary N) is 1. The first-order valence-electron chi connectivity index (χ1n) is 5.19. The quantitative estimate of drug-likeness (QED) is 0.350. The van der Waals surface area contributed by atoms with E-state index < -0.39 is 16.9 Å². The van der Waals surface area contributed by atoms with Crippen LogP contribution in [-0.2, 0) is 4.79 Å². The van der Waals surface area contributed by atoms with E-state index in [1.54, 1.807) is 0 Å². The molecular weight excluding hydrogens is 242 g/mol. The Morgan fingerprint density at radius 3 is 2.67 bits per heavy atom. The second-order valence-corrected chi connectivity index (χ2v) is 3.54. The Morgan fingerprint density at radius 1 is 1.56 bits per heavy atom. The summed E-state index contributed by atoms with van der Waals surface area (Å²) >= 11 is 0. The average molecular weight is 255 g/mol. The number of nitrogens with two attached hydrogens (primary N) is 1. The number of anilines is 1. The maximum absolute atomic E-state index is 10.4. The standard InChI is InChI=1S/C9H13N5O4/c10-7(8(15)16)2-1-3-11-9-12-4-6(5-13-9)14(17)18/h4-5,7H,1-3,10H2,(H,15,16)(H,11,12,13). The Bertz CT molecular complexity index is 421. The Labute approximate surface area is 102 Å². The molecule has 0 bridgehead atoms. The van der Waals surface area contributed by atoms with Gasteiger partial charge in [0.2, 0.25) is 5.95 Å². The van der Waals surface area contributed by atoms with Gasteiger partial charge < -0.3 is 16.2 Å². The molecule has 4 N–H and O–H groups in total. The van der Waals surface area contributed by atoms with Crippen molar-refractivity contribution in [2.75, 3.05) is 11.9 Å². The van der Waals surface area contributed by atoms with Gasteiger partial charge >= 0.3 is 11.7 Å². The van der Waals surface area contributed by atoms with Crippen molar-refractivity contribution in [3.8, 4) is 0 Å². The summed E-state index contributed by atoms with van der Waals surface area (Å²) in [6.07, 6.45) is 3.06. The van der Waals surface area contributed by atoms with Crippen LogP contribution in [0.4, 0.5) is 11.6 Å². The highest BCUT2D eigenvalue weighted by Gasteiger charge is 2.10. The van der Waals surface area contributed by atoms with E-state index in [9.17, 15) is 14.9 Å². The first-order chi connectivity index (χ1) is 8.50. The van der Waals surface area contributed by atoms with E-state index in [2.05, 4.69) is 15.3 Å². The lowest BCUT2D eigenvalue weighted by Crippen LogP contribution is -2.30. The normalized spacial score (nSPS) is 11.8. The van der Waals surface area contributed by atoms with Crippen molar-refractivity contribution < 1.29 is 14.8 Å². The zero-order valence-electron chi connectivity index (χ0n) is 9.44. The molecule has 0 aliphatic heterocycles. The topological polar surface area (TPSA) is 144 Å². The molecule has 0 amide bonds. The molecule has 1 rings (SSSR count). The molecule has 1 unspecified atom stereocenters. The Balaban J connectivity index is 2.31. The van der Waals surface area contributed by atoms with Crippen molar-refractivity contribution in [1.82, 2.24) is 9.97 Å². The second-order valence-electron chi connectivity index (χ2n) is 3.54. The molecule has 0 radical (unpaired) electrons. The minimum Gasteiger partial charge on any atom is -0.480 e. The molecule has 98 valence electrons. The Hall–Kier alpha value is -2.29. The van der Waals surface area contributed by atoms with E-state index in [0.717, 1.165) is 12.4 Å². The fourth-order valence-corrected chi connectivity index (χ4v) is 1.15. The van der Waals surface area contributed by atoms with Crippen molar-refractivity contribution in [2.24, 2.45) is 5.73 Å². The predicted octanol–water partition coefficient (Wildman–Crippen LogP) is -0.0112. The first-order valence-corrected chi connectivity index (χ1v) is 5.19. The number of hydrogen-bond donors (Lipinski definition) is 3. The SMILES string of the molecule is NC(CCCNc1ncc([N+](=O)[O-])cn1)C(=O)O.